The Morgan fingerprint density at radius 1 is 1.03 bits per heavy atom. The van der Waals surface area contributed by atoms with Crippen LogP contribution in [0.3, 0.4) is 0 Å². The molecule has 10 heteroatoms. The number of benzene rings is 1. The molecule has 0 radical (unpaired) electrons. The summed E-state index contributed by atoms with van der Waals surface area (Å²) in [4.78, 5) is 30.0. The van der Waals surface area contributed by atoms with Gasteiger partial charge in [0, 0.05) is 42.6 Å². The minimum Gasteiger partial charge on any atom is -0.408 e. The van der Waals surface area contributed by atoms with Gasteiger partial charge in [0.25, 0.3) is 0 Å². The second-order valence-electron chi connectivity index (χ2n) is 8.48. The van der Waals surface area contributed by atoms with E-state index in [-0.39, 0.29) is 0 Å². The summed E-state index contributed by atoms with van der Waals surface area (Å²) in [5, 5.41) is 10.0. The molecule has 1 fully saturated rings. The van der Waals surface area contributed by atoms with Crippen LogP contribution in [0.25, 0.3) is 11.1 Å². The van der Waals surface area contributed by atoms with Crippen molar-refractivity contribution in [2.75, 3.05) is 28.6 Å². The van der Waals surface area contributed by atoms with Crippen LogP contribution in [0.5, 0.6) is 0 Å². The molecule has 0 amide bonds. The number of pyridine rings is 1. The van der Waals surface area contributed by atoms with E-state index >= 15 is 0 Å². The number of rotatable bonds is 5. The Labute approximate surface area is 190 Å². The Bertz CT molecular complexity index is 1320. The molecule has 10 nitrogen and oxygen atoms in total. The topological polar surface area (TPSA) is 124 Å². The SMILES string of the molecule is Cc1cnc(Nc2ccc(N3C[C@@H](C)N[C@@H](C)C3)nc2)nc1Nc1ccc2oc(=O)[nH]c2c1. The third kappa shape index (κ3) is 4.65. The molecule has 0 unspecified atom stereocenters. The van der Waals surface area contributed by atoms with Crippen molar-refractivity contribution in [1.82, 2.24) is 25.3 Å². The summed E-state index contributed by atoms with van der Waals surface area (Å²) in [6.07, 6.45) is 3.55. The van der Waals surface area contributed by atoms with Crippen molar-refractivity contribution in [3.05, 3.63) is 58.8 Å². The molecule has 0 spiro atoms. The third-order valence-corrected chi connectivity index (χ3v) is 5.54. The third-order valence-electron chi connectivity index (χ3n) is 5.54. The Kier molecular flexibility index (Phi) is 5.43. The first-order valence-corrected chi connectivity index (χ1v) is 10.9. The molecule has 4 heterocycles. The molecule has 1 aliphatic rings. The number of fused-ring (bicyclic) bond motifs is 1. The molecule has 0 aliphatic carbocycles. The summed E-state index contributed by atoms with van der Waals surface area (Å²) >= 11 is 0. The molecular weight excluding hydrogens is 420 g/mol. The van der Waals surface area contributed by atoms with Crippen molar-refractivity contribution in [2.45, 2.75) is 32.9 Å². The number of H-pyrrole nitrogens is 1. The van der Waals surface area contributed by atoms with Gasteiger partial charge in [0.05, 0.1) is 17.4 Å². The fraction of sp³-hybridized carbons (Fsp3) is 0.304. The zero-order chi connectivity index (χ0) is 22.9. The number of hydrogen-bond donors (Lipinski definition) is 4. The fourth-order valence-corrected chi connectivity index (χ4v) is 4.09. The standard InChI is InChI=1S/C23H26N8O2/c1-13-9-25-22(30-21(13)27-16-4-6-19-18(8-16)29-23(32)33-19)28-17-5-7-20(24-10-17)31-11-14(2)26-15(3)12-31/h4-10,14-15,26H,11-12H2,1-3H3,(H,29,32)(H2,25,27,28,30)/t14-,15+. The van der Waals surface area contributed by atoms with Crippen molar-refractivity contribution in [1.29, 1.82) is 0 Å². The largest absolute Gasteiger partial charge is 0.417 e. The van der Waals surface area contributed by atoms with Gasteiger partial charge in [0.2, 0.25) is 5.95 Å². The van der Waals surface area contributed by atoms with Crippen LogP contribution < -0.4 is 26.6 Å². The first kappa shape index (κ1) is 21.0. The van der Waals surface area contributed by atoms with Crippen LogP contribution in [0.15, 0.2) is 51.9 Å². The van der Waals surface area contributed by atoms with Crippen molar-refractivity contribution in [3.63, 3.8) is 0 Å². The number of hydrogen-bond acceptors (Lipinski definition) is 9. The van der Waals surface area contributed by atoms with Gasteiger partial charge in [-0.05, 0) is 51.1 Å². The Balaban J connectivity index is 1.31. The van der Waals surface area contributed by atoms with Crippen LogP contribution in [0.2, 0.25) is 0 Å². The molecular formula is C23H26N8O2. The monoisotopic (exact) mass is 446 g/mol. The first-order chi connectivity index (χ1) is 15.9. The lowest BCUT2D eigenvalue weighted by atomic mass is 10.1. The highest BCUT2D eigenvalue weighted by atomic mass is 16.4. The zero-order valence-corrected chi connectivity index (χ0v) is 18.7. The number of piperazine rings is 1. The second-order valence-corrected chi connectivity index (χ2v) is 8.48. The molecule has 4 N–H and O–H groups in total. The van der Waals surface area contributed by atoms with Gasteiger partial charge in [0.15, 0.2) is 5.58 Å². The molecule has 3 aromatic heterocycles. The van der Waals surface area contributed by atoms with Crippen LogP contribution >= 0.6 is 0 Å². The van der Waals surface area contributed by atoms with E-state index in [4.69, 9.17) is 4.42 Å². The molecule has 170 valence electrons. The highest BCUT2D eigenvalue weighted by molar-refractivity contribution is 5.78. The maximum atomic E-state index is 11.4. The van der Waals surface area contributed by atoms with E-state index < -0.39 is 5.76 Å². The minimum absolute atomic E-state index is 0.426. The predicted octanol–water partition coefficient (Wildman–Crippen LogP) is 3.29. The van der Waals surface area contributed by atoms with Crippen molar-refractivity contribution >= 4 is 40.1 Å². The minimum atomic E-state index is -0.479. The fourth-order valence-electron chi connectivity index (χ4n) is 4.09. The lowest BCUT2D eigenvalue weighted by Crippen LogP contribution is -2.54. The molecule has 5 rings (SSSR count). The van der Waals surface area contributed by atoms with Gasteiger partial charge >= 0.3 is 5.76 Å². The summed E-state index contributed by atoms with van der Waals surface area (Å²) in [5.41, 5.74) is 3.60. The zero-order valence-electron chi connectivity index (χ0n) is 18.7. The van der Waals surface area contributed by atoms with Gasteiger partial charge in [-0.3, -0.25) is 4.98 Å². The molecule has 1 aromatic carbocycles. The Morgan fingerprint density at radius 3 is 2.58 bits per heavy atom. The summed E-state index contributed by atoms with van der Waals surface area (Å²) in [5.74, 6) is 1.60. The van der Waals surface area contributed by atoms with Gasteiger partial charge < -0.3 is 25.3 Å². The summed E-state index contributed by atoms with van der Waals surface area (Å²) in [6, 6.07) is 10.2. The summed E-state index contributed by atoms with van der Waals surface area (Å²) < 4.78 is 5.05. The normalized spacial score (nSPS) is 18.5. The van der Waals surface area contributed by atoms with Crippen LogP contribution in [0, 0.1) is 6.92 Å². The molecule has 2 atom stereocenters. The highest BCUT2D eigenvalue weighted by Gasteiger charge is 2.21. The van der Waals surface area contributed by atoms with E-state index in [0.29, 0.717) is 34.9 Å². The quantitative estimate of drug-likeness (QED) is 0.365. The van der Waals surface area contributed by atoms with Gasteiger partial charge in [0.1, 0.15) is 11.6 Å². The van der Waals surface area contributed by atoms with Gasteiger partial charge in [-0.15, -0.1) is 0 Å². The van der Waals surface area contributed by atoms with E-state index in [2.05, 4.69) is 54.6 Å². The van der Waals surface area contributed by atoms with Gasteiger partial charge in [-0.2, -0.15) is 4.98 Å². The molecule has 0 bridgehead atoms. The Morgan fingerprint density at radius 2 is 1.82 bits per heavy atom. The number of anilines is 5. The highest BCUT2D eigenvalue weighted by Crippen LogP contribution is 2.24. The van der Waals surface area contributed by atoms with E-state index in [0.717, 1.165) is 35.8 Å². The van der Waals surface area contributed by atoms with E-state index in [1.165, 1.54) is 0 Å². The number of nitrogens with one attached hydrogen (secondary N) is 4. The second kappa shape index (κ2) is 8.55. The van der Waals surface area contributed by atoms with Crippen molar-refractivity contribution in [2.24, 2.45) is 0 Å². The van der Waals surface area contributed by atoms with Gasteiger partial charge in [-0.1, -0.05) is 0 Å². The lowest BCUT2D eigenvalue weighted by molar-refractivity contribution is 0.405. The summed E-state index contributed by atoms with van der Waals surface area (Å²) in [6.45, 7) is 8.16. The number of aromatic nitrogens is 4. The summed E-state index contributed by atoms with van der Waals surface area (Å²) in [7, 11) is 0. The van der Waals surface area contributed by atoms with Crippen molar-refractivity contribution in [3.8, 4) is 0 Å². The lowest BCUT2D eigenvalue weighted by Gasteiger charge is -2.36. The van der Waals surface area contributed by atoms with Gasteiger partial charge in [-0.25, -0.2) is 14.8 Å². The first-order valence-electron chi connectivity index (χ1n) is 10.9. The number of aromatic amines is 1. The van der Waals surface area contributed by atoms with E-state index in [9.17, 15) is 4.79 Å². The predicted molar refractivity (Wildman–Crippen MR) is 129 cm³/mol. The maximum Gasteiger partial charge on any atom is 0.417 e. The van der Waals surface area contributed by atoms with Crippen LogP contribution in [0.4, 0.5) is 29.0 Å². The average Bonchev–Trinajstić information content (AvgIpc) is 3.15. The molecule has 1 aliphatic heterocycles. The molecule has 1 saturated heterocycles. The molecule has 33 heavy (non-hydrogen) atoms. The number of nitrogens with zero attached hydrogens (tertiary/aromatic N) is 4. The van der Waals surface area contributed by atoms with Crippen LogP contribution in [0.1, 0.15) is 19.4 Å². The van der Waals surface area contributed by atoms with E-state index in [1.54, 1.807) is 24.5 Å². The number of aryl methyl sites for hydroxylation is 1. The molecule has 0 saturated carbocycles. The van der Waals surface area contributed by atoms with Crippen LogP contribution in [-0.2, 0) is 0 Å². The van der Waals surface area contributed by atoms with E-state index in [1.807, 2.05) is 25.1 Å². The Hall–Kier alpha value is -3.92. The van der Waals surface area contributed by atoms with Crippen LogP contribution in [-0.4, -0.2) is 45.1 Å². The number of oxazole rings is 1. The maximum absolute atomic E-state index is 11.4. The smallest absolute Gasteiger partial charge is 0.408 e. The van der Waals surface area contributed by atoms with Crippen molar-refractivity contribution < 1.29 is 4.42 Å². The molecule has 4 aromatic rings. The average molecular weight is 447 g/mol.